The molecule has 1 amide bonds. The van der Waals surface area contributed by atoms with Crippen molar-refractivity contribution in [3.8, 4) is 0 Å². The minimum atomic E-state index is -0.0973. The van der Waals surface area contributed by atoms with Crippen LogP contribution in [-0.2, 0) is 4.74 Å². The van der Waals surface area contributed by atoms with Crippen molar-refractivity contribution in [2.75, 3.05) is 20.2 Å². The van der Waals surface area contributed by atoms with E-state index < -0.39 is 0 Å². The van der Waals surface area contributed by atoms with Crippen molar-refractivity contribution in [2.45, 2.75) is 32.3 Å². The van der Waals surface area contributed by atoms with Gasteiger partial charge in [0.1, 0.15) is 17.8 Å². The van der Waals surface area contributed by atoms with E-state index in [-0.39, 0.29) is 17.9 Å². The molecule has 0 aromatic carbocycles. The van der Waals surface area contributed by atoms with Gasteiger partial charge < -0.3 is 9.64 Å². The maximum absolute atomic E-state index is 12.6. The number of pyridine rings is 1. The summed E-state index contributed by atoms with van der Waals surface area (Å²) in [5, 5.41) is 6.80. The highest BCUT2D eigenvalue weighted by molar-refractivity contribution is 5.92. The third kappa shape index (κ3) is 3.24. The fourth-order valence-corrected chi connectivity index (χ4v) is 2.83. The van der Waals surface area contributed by atoms with E-state index in [1.807, 2.05) is 19.9 Å². The van der Waals surface area contributed by atoms with E-state index in [1.54, 1.807) is 18.0 Å². The fourth-order valence-electron chi connectivity index (χ4n) is 2.83. The largest absolute Gasteiger partial charge is 0.376 e. The Morgan fingerprint density at radius 1 is 1.43 bits per heavy atom. The molecule has 2 aromatic heterocycles. The molecule has 1 aliphatic heterocycles. The molecule has 1 N–H and O–H groups in total. The molecule has 3 rings (SSSR count). The Balaban J connectivity index is 1.69. The summed E-state index contributed by atoms with van der Waals surface area (Å²) in [5.41, 5.74) is 2.42. The number of likely N-dealkylation sites (N-methyl/N-ethyl adjacent to an activating group) is 1. The van der Waals surface area contributed by atoms with Crippen LogP contribution < -0.4 is 0 Å². The summed E-state index contributed by atoms with van der Waals surface area (Å²) in [4.78, 5) is 22.8. The molecule has 2 atom stereocenters. The van der Waals surface area contributed by atoms with Crippen molar-refractivity contribution in [2.24, 2.45) is 0 Å². The van der Waals surface area contributed by atoms with E-state index in [9.17, 15) is 4.79 Å². The Bertz CT molecular complexity index is 686. The minimum Gasteiger partial charge on any atom is -0.376 e. The van der Waals surface area contributed by atoms with Crippen LogP contribution in [0.2, 0.25) is 0 Å². The quantitative estimate of drug-likeness (QED) is 0.923. The molecule has 3 heterocycles. The number of aromatic nitrogens is 4. The van der Waals surface area contributed by atoms with Crippen molar-refractivity contribution in [3.63, 3.8) is 0 Å². The first-order chi connectivity index (χ1) is 11.1. The number of nitrogens with one attached hydrogen (secondary N) is 1. The lowest BCUT2D eigenvalue weighted by molar-refractivity contribution is 0.0546. The number of carbonyl (C=O) groups is 1. The summed E-state index contributed by atoms with van der Waals surface area (Å²) in [7, 11) is 1.78. The smallest absolute Gasteiger partial charge is 0.272 e. The molecule has 0 radical (unpaired) electrons. The number of ether oxygens (including phenoxy) is 1. The monoisotopic (exact) mass is 315 g/mol. The number of hydrogen-bond acceptors (Lipinski definition) is 5. The van der Waals surface area contributed by atoms with Crippen LogP contribution in [-0.4, -0.2) is 57.3 Å². The lowest BCUT2D eigenvalue weighted by atomic mass is 10.0. The number of nitrogens with zero attached hydrogens (tertiary/aromatic N) is 4. The molecule has 1 aliphatic rings. The minimum absolute atomic E-state index is 0.0801. The molecule has 2 aromatic rings. The molecular weight excluding hydrogens is 294 g/mol. The number of hydrogen-bond donors (Lipinski definition) is 1. The summed E-state index contributed by atoms with van der Waals surface area (Å²) >= 11 is 0. The predicted molar refractivity (Wildman–Crippen MR) is 84.2 cm³/mol. The van der Waals surface area contributed by atoms with Crippen LogP contribution in [0.3, 0.4) is 0 Å². The zero-order valence-corrected chi connectivity index (χ0v) is 13.6. The van der Waals surface area contributed by atoms with Crippen LogP contribution in [0.15, 0.2) is 18.5 Å². The van der Waals surface area contributed by atoms with E-state index in [4.69, 9.17) is 4.74 Å². The number of H-pyrrole nitrogens is 1. The first kappa shape index (κ1) is 15.6. The summed E-state index contributed by atoms with van der Waals surface area (Å²) < 4.78 is 5.79. The van der Waals surface area contributed by atoms with Gasteiger partial charge in [-0.1, -0.05) is 6.07 Å². The standard InChI is InChI=1S/C16H21N5O2/c1-10-4-5-13(19-11(10)2)16(22)21(3)8-14-12(6-7-23-14)15-17-9-18-20-15/h4-5,9,12,14H,6-8H2,1-3H3,(H,17,18,20)/t12-,14-/m1/s1. The molecule has 0 saturated carbocycles. The average Bonchev–Trinajstić information content (AvgIpc) is 3.20. The topological polar surface area (TPSA) is 84.0 Å². The molecule has 23 heavy (non-hydrogen) atoms. The van der Waals surface area contributed by atoms with Crippen LogP contribution in [0.1, 0.15) is 39.9 Å². The first-order valence-electron chi connectivity index (χ1n) is 7.73. The van der Waals surface area contributed by atoms with Gasteiger partial charge in [-0.3, -0.25) is 9.89 Å². The number of rotatable bonds is 4. The second-order valence-electron chi connectivity index (χ2n) is 5.96. The SMILES string of the molecule is Cc1ccc(C(=O)N(C)C[C@H]2OCC[C@H]2c2ncn[nH]2)nc1C. The van der Waals surface area contributed by atoms with Crippen molar-refractivity contribution in [1.82, 2.24) is 25.1 Å². The van der Waals surface area contributed by atoms with Gasteiger partial charge in [0.25, 0.3) is 5.91 Å². The summed E-state index contributed by atoms with van der Waals surface area (Å²) in [6.45, 7) is 5.06. The normalized spacial score (nSPS) is 20.7. The van der Waals surface area contributed by atoms with Crippen LogP contribution in [0.25, 0.3) is 0 Å². The van der Waals surface area contributed by atoms with E-state index in [0.29, 0.717) is 18.8 Å². The van der Waals surface area contributed by atoms with E-state index in [0.717, 1.165) is 23.5 Å². The van der Waals surface area contributed by atoms with Crippen LogP contribution in [0.4, 0.5) is 0 Å². The molecule has 122 valence electrons. The second kappa shape index (κ2) is 6.45. The molecule has 7 heteroatoms. The van der Waals surface area contributed by atoms with Crippen molar-refractivity contribution in [1.29, 1.82) is 0 Å². The molecule has 0 unspecified atom stereocenters. The molecule has 0 bridgehead atoms. The molecular formula is C16H21N5O2. The molecule has 7 nitrogen and oxygen atoms in total. The zero-order chi connectivity index (χ0) is 16.4. The Morgan fingerprint density at radius 3 is 2.96 bits per heavy atom. The lowest BCUT2D eigenvalue weighted by Crippen LogP contribution is -2.36. The predicted octanol–water partition coefficient (Wildman–Crippen LogP) is 1.46. The Labute approximate surface area is 135 Å². The van der Waals surface area contributed by atoms with Crippen molar-refractivity contribution < 1.29 is 9.53 Å². The van der Waals surface area contributed by atoms with Gasteiger partial charge in [-0.2, -0.15) is 5.10 Å². The van der Waals surface area contributed by atoms with Crippen LogP contribution in [0.5, 0.6) is 0 Å². The Morgan fingerprint density at radius 2 is 2.26 bits per heavy atom. The Kier molecular flexibility index (Phi) is 4.38. The molecule has 1 saturated heterocycles. The zero-order valence-electron chi connectivity index (χ0n) is 13.6. The highest BCUT2D eigenvalue weighted by Gasteiger charge is 2.33. The van der Waals surface area contributed by atoms with E-state index >= 15 is 0 Å². The van der Waals surface area contributed by atoms with Crippen LogP contribution >= 0.6 is 0 Å². The van der Waals surface area contributed by atoms with Gasteiger partial charge in [0.2, 0.25) is 0 Å². The maximum Gasteiger partial charge on any atom is 0.272 e. The maximum atomic E-state index is 12.6. The lowest BCUT2D eigenvalue weighted by Gasteiger charge is -2.23. The van der Waals surface area contributed by atoms with Gasteiger partial charge in [0.05, 0.1) is 6.10 Å². The van der Waals surface area contributed by atoms with Gasteiger partial charge >= 0.3 is 0 Å². The number of amides is 1. The number of aromatic amines is 1. The van der Waals surface area contributed by atoms with Gasteiger partial charge in [-0.05, 0) is 31.9 Å². The highest BCUT2D eigenvalue weighted by Crippen LogP contribution is 2.29. The van der Waals surface area contributed by atoms with E-state index in [2.05, 4.69) is 20.2 Å². The first-order valence-corrected chi connectivity index (χ1v) is 7.73. The average molecular weight is 315 g/mol. The van der Waals surface area contributed by atoms with Gasteiger partial charge in [-0.15, -0.1) is 0 Å². The van der Waals surface area contributed by atoms with Gasteiger partial charge in [-0.25, -0.2) is 9.97 Å². The van der Waals surface area contributed by atoms with Crippen molar-refractivity contribution >= 4 is 5.91 Å². The molecule has 1 fully saturated rings. The highest BCUT2D eigenvalue weighted by atomic mass is 16.5. The van der Waals surface area contributed by atoms with Gasteiger partial charge in [0.15, 0.2) is 0 Å². The summed E-state index contributed by atoms with van der Waals surface area (Å²) in [5.74, 6) is 0.859. The van der Waals surface area contributed by atoms with Gasteiger partial charge in [0, 0.05) is 31.8 Å². The third-order valence-corrected chi connectivity index (χ3v) is 4.36. The molecule has 0 aliphatic carbocycles. The summed E-state index contributed by atoms with van der Waals surface area (Å²) in [6.07, 6.45) is 2.30. The number of carbonyl (C=O) groups excluding carboxylic acids is 1. The number of aryl methyl sites for hydroxylation is 2. The van der Waals surface area contributed by atoms with Crippen LogP contribution in [0, 0.1) is 13.8 Å². The third-order valence-electron chi connectivity index (χ3n) is 4.36. The second-order valence-corrected chi connectivity index (χ2v) is 5.96. The fraction of sp³-hybridized carbons (Fsp3) is 0.500. The Hall–Kier alpha value is -2.28. The summed E-state index contributed by atoms with van der Waals surface area (Å²) in [6, 6.07) is 3.69. The van der Waals surface area contributed by atoms with Crippen molar-refractivity contribution in [3.05, 3.63) is 41.2 Å². The van der Waals surface area contributed by atoms with E-state index in [1.165, 1.54) is 6.33 Å². The molecule has 0 spiro atoms.